The summed E-state index contributed by atoms with van der Waals surface area (Å²) in [7, 11) is 0. The second-order valence-electron chi connectivity index (χ2n) is 4.62. The Morgan fingerprint density at radius 3 is 3.05 bits per heavy atom. The first-order valence-corrected chi connectivity index (χ1v) is 8.07. The third-order valence-electron chi connectivity index (χ3n) is 2.89. The normalized spacial score (nSPS) is 11.1. The molecule has 0 unspecified atom stereocenters. The molecular formula is C16H19N3OS. The Balaban J connectivity index is 1.81. The molecule has 1 aromatic carbocycles. The lowest BCUT2D eigenvalue weighted by Gasteiger charge is -2.02. The lowest BCUT2D eigenvalue weighted by Crippen LogP contribution is -2.19. The van der Waals surface area contributed by atoms with Gasteiger partial charge >= 0.3 is 0 Å². The number of nitrogens with zero attached hydrogens (tertiary/aromatic N) is 2. The van der Waals surface area contributed by atoms with E-state index >= 15 is 0 Å². The third-order valence-corrected chi connectivity index (χ3v) is 3.82. The van der Waals surface area contributed by atoms with Crippen molar-refractivity contribution >= 4 is 34.8 Å². The van der Waals surface area contributed by atoms with E-state index in [-0.39, 0.29) is 5.91 Å². The standard InChI is InChI=1S/C16H19N3OS/c1-2-3-6-11-17-19-15(20)12-21-16-10-9-13-7-4-5-8-14(13)18-16/h4-5,7-11H,2-3,6,12H2,1H3,(H,19,20)/b17-11-. The van der Waals surface area contributed by atoms with Gasteiger partial charge in [0, 0.05) is 11.6 Å². The molecule has 1 aromatic heterocycles. The average Bonchev–Trinajstić information content (AvgIpc) is 2.52. The zero-order valence-corrected chi connectivity index (χ0v) is 12.9. The van der Waals surface area contributed by atoms with Crippen LogP contribution in [0.5, 0.6) is 0 Å². The number of hydrogen-bond donors (Lipinski definition) is 1. The van der Waals surface area contributed by atoms with Crippen molar-refractivity contribution in [2.24, 2.45) is 5.10 Å². The Hall–Kier alpha value is -1.88. The molecule has 0 atom stereocenters. The number of unbranched alkanes of at least 4 members (excludes halogenated alkanes) is 2. The predicted molar refractivity (Wildman–Crippen MR) is 88.6 cm³/mol. The van der Waals surface area contributed by atoms with Gasteiger partial charge in [0.15, 0.2) is 0 Å². The zero-order chi connectivity index (χ0) is 14.9. The summed E-state index contributed by atoms with van der Waals surface area (Å²) in [5.41, 5.74) is 3.48. The smallest absolute Gasteiger partial charge is 0.250 e. The van der Waals surface area contributed by atoms with Gasteiger partial charge in [-0.1, -0.05) is 49.4 Å². The molecule has 0 fully saturated rings. The van der Waals surface area contributed by atoms with Gasteiger partial charge in [-0.3, -0.25) is 4.79 Å². The number of hydrazone groups is 1. The molecule has 0 bridgehead atoms. The van der Waals surface area contributed by atoms with E-state index in [0.29, 0.717) is 5.75 Å². The van der Waals surface area contributed by atoms with Crippen molar-refractivity contribution in [3.8, 4) is 0 Å². The van der Waals surface area contributed by atoms with Gasteiger partial charge in [-0.25, -0.2) is 10.4 Å². The molecule has 4 nitrogen and oxygen atoms in total. The Morgan fingerprint density at radius 1 is 1.33 bits per heavy atom. The van der Waals surface area contributed by atoms with Gasteiger partial charge in [0.2, 0.25) is 5.91 Å². The van der Waals surface area contributed by atoms with Gasteiger partial charge in [0.05, 0.1) is 16.3 Å². The fourth-order valence-electron chi connectivity index (χ4n) is 1.78. The van der Waals surface area contributed by atoms with Crippen LogP contribution in [0.4, 0.5) is 0 Å². The number of para-hydroxylation sites is 1. The molecule has 110 valence electrons. The van der Waals surface area contributed by atoms with Gasteiger partial charge in [0.25, 0.3) is 0 Å². The van der Waals surface area contributed by atoms with Crippen molar-refractivity contribution in [3.63, 3.8) is 0 Å². The summed E-state index contributed by atoms with van der Waals surface area (Å²) in [4.78, 5) is 16.2. The maximum atomic E-state index is 11.6. The zero-order valence-electron chi connectivity index (χ0n) is 12.1. The average molecular weight is 301 g/mol. The van der Waals surface area contributed by atoms with Crippen LogP contribution in [0, 0.1) is 0 Å². The lowest BCUT2D eigenvalue weighted by atomic mass is 10.2. The summed E-state index contributed by atoms with van der Waals surface area (Å²) < 4.78 is 0. The van der Waals surface area contributed by atoms with Gasteiger partial charge in [-0.2, -0.15) is 5.10 Å². The minimum absolute atomic E-state index is 0.109. The lowest BCUT2D eigenvalue weighted by molar-refractivity contribution is -0.118. The highest BCUT2D eigenvalue weighted by molar-refractivity contribution is 7.99. The number of carbonyl (C=O) groups is 1. The summed E-state index contributed by atoms with van der Waals surface area (Å²) >= 11 is 1.41. The van der Waals surface area contributed by atoms with E-state index in [0.717, 1.165) is 35.2 Å². The maximum absolute atomic E-state index is 11.6. The van der Waals surface area contributed by atoms with Crippen LogP contribution >= 0.6 is 11.8 Å². The SMILES string of the molecule is CCCC/C=N\NC(=O)CSc1ccc2ccccc2n1. The molecule has 21 heavy (non-hydrogen) atoms. The molecular weight excluding hydrogens is 282 g/mol. The van der Waals surface area contributed by atoms with Crippen molar-refractivity contribution in [2.75, 3.05) is 5.75 Å². The van der Waals surface area contributed by atoms with Crippen LogP contribution in [0.1, 0.15) is 26.2 Å². The number of amides is 1. The fraction of sp³-hybridized carbons (Fsp3) is 0.312. The van der Waals surface area contributed by atoms with E-state index in [2.05, 4.69) is 22.4 Å². The molecule has 0 radical (unpaired) electrons. The fourth-order valence-corrected chi connectivity index (χ4v) is 2.45. The number of aromatic nitrogens is 1. The van der Waals surface area contributed by atoms with Crippen LogP contribution < -0.4 is 5.43 Å². The largest absolute Gasteiger partial charge is 0.272 e. The number of rotatable bonds is 7. The molecule has 1 heterocycles. The van der Waals surface area contributed by atoms with Crippen molar-refractivity contribution in [1.82, 2.24) is 10.4 Å². The number of benzene rings is 1. The highest BCUT2D eigenvalue weighted by atomic mass is 32.2. The quantitative estimate of drug-likeness (QED) is 0.368. The van der Waals surface area contributed by atoms with Crippen LogP contribution in [0.3, 0.4) is 0 Å². The summed E-state index contributed by atoms with van der Waals surface area (Å²) in [6, 6.07) is 11.9. The third kappa shape index (κ3) is 5.19. The van der Waals surface area contributed by atoms with Crippen LogP contribution in [0.25, 0.3) is 10.9 Å². The minimum Gasteiger partial charge on any atom is -0.272 e. The molecule has 0 saturated carbocycles. The summed E-state index contributed by atoms with van der Waals surface area (Å²) in [5.74, 6) is 0.207. The van der Waals surface area contributed by atoms with E-state index < -0.39 is 0 Å². The molecule has 2 rings (SSSR count). The monoisotopic (exact) mass is 301 g/mol. The van der Waals surface area contributed by atoms with Crippen LogP contribution in [-0.4, -0.2) is 22.9 Å². The van der Waals surface area contributed by atoms with Crippen molar-refractivity contribution in [3.05, 3.63) is 36.4 Å². The molecule has 1 N–H and O–H groups in total. The van der Waals surface area contributed by atoms with Crippen LogP contribution in [-0.2, 0) is 4.79 Å². The summed E-state index contributed by atoms with van der Waals surface area (Å²) in [6.45, 7) is 2.12. The molecule has 0 aliphatic heterocycles. The molecule has 0 saturated heterocycles. The van der Waals surface area contributed by atoms with E-state index in [1.807, 2.05) is 36.4 Å². The molecule has 5 heteroatoms. The topological polar surface area (TPSA) is 54.4 Å². The Kier molecular flexibility index (Phi) is 6.22. The predicted octanol–water partition coefficient (Wildman–Crippen LogP) is 3.62. The van der Waals surface area contributed by atoms with Crippen molar-refractivity contribution in [2.45, 2.75) is 31.2 Å². The summed E-state index contributed by atoms with van der Waals surface area (Å²) in [6.07, 6.45) is 4.87. The molecule has 2 aromatic rings. The van der Waals surface area contributed by atoms with E-state index in [9.17, 15) is 4.79 Å². The van der Waals surface area contributed by atoms with Gasteiger partial charge in [-0.05, 0) is 25.0 Å². The van der Waals surface area contributed by atoms with Gasteiger partial charge < -0.3 is 0 Å². The first kappa shape index (κ1) is 15.5. The molecule has 0 spiro atoms. The second kappa shape index (κ2) is 8.42. The van der Waals surface area contributed by atoms with Gasteiger partial charge in [0.1, 0.15) is 0 Å². The van der Waals surface area contributed by atoms with E-state index in [1.54, 1.807) is 6.21 Å². The molecule has 1 amide bonds. The minimum atomic E-state index is -0.109. The number of thioether (sulfide) groups is 1. The number of pyridine rings is 1. The van der Waals surface area contributed by atoms with Crippen LogP contribution in [0.15, 0.2) is 46.5 Å². The number of nitrogens with one attached hydrogen (secondary N) is 1. The van der Waals surface area contributed by atoms with Crippen LogP contribution in [0.2, 0.25) is 0 Å². The van der Waals surface area contributed by atoms with Gasteiger partial charge in [-0.15, -0.1) is 0 Å². The summed E-state index contributed by atoms with van der Waals surface area (Å²) in [5, 5.41) is 5.86. The number of fused-ring (bicyclic) bond motifs is 1. The number of hydrogen-bond acceptors (Lipinski definition) is 4. The Labute approximate surface area is 129 Å². The Bertz CT molecular complexity index is 628. The molecule has 0 aliphatic rings. The van der Waals surface area contributed by atoms with E-state index in [1.165, 1.54) is 11.8 Å². The van der Waals surface area contributed by atoms with E-state index in [4.69, 9.17) is 0 Å². The molecule has 0 aliphatic carbocycles. The van der Waals surface area contributed by atoms with Crippen molar-refractivity contribution in [1.29, 1.82) is 0 Å². The van der Waals surface area contributed by atoms with Crippen molar-refractivity contribution < 1.29 is 4.79 Å². The highest BCUT2D eigenvalue weighted by Gasteiger charge is 2.03. The first-order chi connectivity index (χ1) is 10.3. The second-order valence-corrected chi connectivity index (χ2v) is 5.62. The Morgan fingerprint density at radius 2 is 2.19 bits per heavy atom. The maximum Gasteiger partial charge on any atom is 0.250 e. The number of carbonyl (C=O) groups excluding carboxylic acids is 1. The first-order valence-electron chi connectivity index (χ1n) is 7.08. The highest BCUT2D eigenvalue weighted by Crippen LogP contribution is 2.19.